The number of nitrogens with one attached hydrogen (secondary N) is 1. The van der Waals surface area contributed by atoms with Crippen molar-refractivity contribution < 1.29 is 13.2 Å². The Morgan fingerprint density at radius 2 is 1.67 bits per heavy atom. The lowest BCUT2D eigenvalue weighted by Crippen LogP contribution is -2.31. The van der Waals surface area contributed by atoms with Crippen LogP contribution in [0, 0.1) is 24.4 Å². The van der Waals surface area contributed by atoms with Crippen molar-refractivity contribution in [2.45, 2.75) is 25.8 Å². The van der Waals surface area contributed by atoms with Gasteiger partial charge in [-0.15, -0.1) is 0 Å². The molecule has 4 heteroatoms. The summed E-state index contributed by atoms with van der Waals surface area (Å²) in [6.07, 6.45) is 0.721. The Morgan fingerprint density at radius 3 is 2.29 bits per heavy atom. The van der Waals surface area contributed by atoms with Gasteiger partial charge >= 0.3 is 0 Å². The molecule has 2 aromatic carbocycles. The van der Waals surface area contributed by atoms with Gasteiger partial charge in [0.1, 0.15) is 17.5 Å². The molecule has 1 unspecified atom stereocenters. The predicted molar refractivity (Wildman–Crippen MR) is 77.8 cm³/mol. The van der Waals surface area contributed by atoms with Gasteiger partial charge in [-0.25, -0.2) is 13.2 Å². The molecule has 0 amide bonds. The van der Waals surface area contributed by atoms with E-state index < -0.39 is 11.6 Å². The molecule has 0 aliphatic rings. The summed E-state index contributed by atoms with van der Waals surface area (Å²) >= 11 is 0. The van der Waals surface area contributed by atoms with Crippen LogP contribution in [0.4, 0.5) is 13.2 Å². The molecule has 0 aromatic heterocycles. The summed E-state index contributed by atoms with van der Waals surface area (Å²) < 4.78 is 40.7. The van der Waals surface area contributed by atoms with Crippen LogP contribution in [-0.4, -0.2) is 13.1 Å². The second-order valence-corrected chi connectivity index (χ2v) is 5.16. The third kappa shape index (κ3) is 3.85. The second-order valence-electron chi connectivity index (χ2n) is 5.16. The molecule has 0 bridgehead atoms. The van der Waals surface area contributed by atoms with E-state index in [0.717, 1.165) is 11.1 Å². The van der Waals surface area contributed by atoms with Gasteiger partial charge in [0.2, 0.25) is 0 Å². The number of likely N-dealkylation sites (N-methyl/N-ethyl adjacent to an activating group) is 1. The number of aryl methyl sites for hydroxylation is 1. The fourth-order valence-corrected chi connectivity index (χ4v) is 2.38. The first-order chi connectivity index (χ1) is 10.0. The number of halogens is 3. The van der Waals surface area contributed by atoms with Crippen LogP contribution < -0.4 is 5.32 Å². The van der Waals surface area contributed by atoms with Gasteiger partial charge in [0.05, 0.1) is 0 Å². The van der Waals surface area contributed by atoms with Gasteiger partial charge in [0.25, 0.3) is 0 Å². The van der Waals surface area contributed by atoms with Crippen LogP contribution in [0.3, 0.4) is 0 Å². The second kappa shape index (κ2) is 6.76. The maximum Gasteiger partial charge on any atom is 0.129 e. The number of rotatable bonds is 5. The molecule has 112 valence electrons. The summed E-state index contributed by atoms with van der Waals surface area (Å²) in [7, 11) is 1.73. The summed E-state index contributed by atoms with van der Waals surface area (Å²) in [6.45, 7) is 1.89. The van der Waals surface area contributed by atoms with E-state index in [4.69, 9.17) is 0 Å². The van der Waals surface area contributed by atoms with Crippen molar-refractivity contribution in [2.75, 3.05) is 7.05 Å². The minimum Gasteiger partial charge on any atom is -0.316 e. The molecule has 1 N–H and O–H groups in total. The highest BCUT2D eigenvalue weighted by atomic mass is 19.1. The highest BCUT2D eigenvalue weighted by Crippen LogP contribution is 2.18. The fourth-order valence-electron chi connectivity index (χ4n) is 2.38. The zero-order valence-electron chi connectivity index (χ0n) is 12.1. The van der Waals surface area contributed by atoms with Crippen molar-refractivity contribution in [3.05, 3.63) is 70.5 Å². The predicted octanol–water partition coefficient (Wildman–Crippen LogP) is 3.79. The largest absolute Gasteiger partial charge is 0.316 e. The first-order valence-corrected chi connectivity index (χ1v) is 6.86. The van der Waals surface area contributed by atoms with Crippen LogP contribution in [0.15, 0.2) is 36.4 Å². The zero-order valence-corrected chi connectivity index (χ0v) is 12.1. The van der Waals surface area contributed by atoms with Crippen LogP contribution >= 0.6 is 0 Å². The van der Waals surface area contributed by atoms with Gasteiger partial charge in [-0.1, -0.05) is 12.1 Å². The molecule has 0 radical (unpaired) electrons. The highest BCUT2D eigenvalue weighted by molar-refractivity contribution is 5.28. The highest BCUT2D eigenvalue weighted by Gasteiger charge is 2.16. The van der Waals surface area contributed by atoms with E-state index in [1.807, 2.05) is 6.92 Å². The first kappa shape index (κ1) is 15.6. The van der Waals surface area contributed by atoms with E-state index in [0.29, 0.717) is 6.42 Å². The van der Waals surface area contributed by atoms with Crippen LogP contribution in [0.5, 0.6) is 0 Å². The molecular weight excluding hydrogens is 275 g/mol. The van der Waals surface area contributed by atoms with E-state index in [9.17, 15) is 13.2 Å². The Kier molecular flexibility index (Phi) is 5.02. The van der Waals surface area contributed by atoms with Crippen molar-refractivity contribution in [1.82, 2.24) is 5.32 Å². The number of hydrogen-bond acceptors (Lipinski definition) is 1. The standard InChI is InChI=1S/C17H18F3N/c1-11-6-7-13(18)8-12(11)9-14(21-2)10-15-16(19)4-3-5-17(15)20/h3-8,14,21H,9-10H2,1-2H3. The van der Waals surface area contributed by atoms with Crippen molar-refractivity contribution in [2.24, 2.45) is 0 Å². The summed E-state index contributed by atoms with van der Waals surface area (Å²) in [4.78, 5) is 0. The SMILES string of the molecule is CNC(Cc1cc(F)ccc1C)Cc1c(F)cccc1F. The molecule has 0 aliphatic heterocycles. The molecule has 0 heterocycles. The molecule has 21 heavy (non-hydrogen) atoms. The smallest absolute Gasteiger partial charge is 0.129 e. The third-order valence-electron chi connectivity index (χ3n) is 3.70. The van der Waals surface area contributed by atoms with E-state index in [1.165, 1.54) is 30.3 Å². The normalized spacial score (nSPS) is 12.4. The van der Waals surface area contributed by atoms with Crippen molar-refractivity contribution >= 4 is 0 Å². The van der Waals surface area contributed by atoms with Gasteiger partial charge in [-0.3, -0.25) is 0 Å². The van der Waals surface area contributed by atoms with Gasteiger partial charge in [-0.05, 0) is 62.2 Å². The molecule has 2 rings (SSSR count). The Hall–Kier alpha value is -1.81. The molecule has 1 nitrogen and oxygen atoms in total. The lowest BCUT2D eigenvalue weighted by molar-refractivity contribution is 0.500. The van der Waals surface area contributed by atoms with Gasteiger partial charge in [0.15, 0.2) is 0 Å². The molecule has 0 saturated carbocycles. The molecule has 0 aliphatic carbocycles. The Bertz CT molecular complexity index is 605. The van der Waals surface area contributed by atoms with Crippen molar-refractivity contribution in [1.29, 1.82) is 0 Å². The number of hydrogen-bond donors (Lipinski definition) is 1. The molecule has 0 fully saturated rings. The van der Waals surface area contributed by atoms with E-state index in [2.05, 4.69) is 5.32 Å². The number of benzene rings is 2. The van der Waals surface area contributed by atoms with E-state index in [1.54, 1.807) is 13.1 Å². The first-order valence-electron chi connectivity index (χ1n) is 6.86. The summed E-state index contributed by atoms with van der Waals surface area (Å²) in [5.41, 5.74) is 1.86. The fraction of sp³-hybridized carbons (Fsp3) is 0.294. The minimum absolute atomic E-state index is 0.0610. The topological polar surface area (TPSA) is 12.0 Å². The molecular formula is C17H18F3N. The van der Waals surface area contributed by atoms with E-state index >= 15 is 0 Å². The maximum absolute atomic E-state index is 13.7. The zero-order chi connectivity index (χ0) is 15.4. The Balaban J connectivity index is 2.19. The van der Waals surface area contributed by atoms with Crippen LogP contribution in [0.1, 0.15) is 16.7 Å². The van der Waals surface area contributed by atoms with Crippen molar-refractivity contribution in [3.63, 3.8) is 0 Å². The van der Waals surface area contributed by atoms with Crippen LogP contribution in [0.2, 0.25) is 0 Å². The molecule has 1 atom stereocenters. The Morgan fingerprint density at radius 1 is 1.00 bits per heavy atom. The minimum atomic E-state index is -0.550. The average Bonchev–Trinajstić information content (AvgIpc) is 2.45. The van der Waals surface area contributed by atoms with Crippen molar-refractivity contribution in [3.8, 4) is 0 Å². The van der Waals surface area contributed by atoms with Gasteiger partial charge in [0, 0.05) is 11.6 Å². The third-order valence-corrected chi connectivity index (χ3v) is 3.70. The summed E-state index contributed by atoms with van der Waals surface area (Å²) in [5, 5.41) is 3.04. The monoisotopic (exact) mass is 293 g/mol. The van der Waals surface area contributed by atoms with Gasteiger partial charge < -0.3 is 5.32 Å². The molecule has 0 spiro atoms. The lowest BCUT2D eigenvalue weighted by Gasteiger charge is -2.18. The van der Waals surface area contributed by atoms with Gasteiger partial charge in [-0.2, -0.15) is 0 Å². The quantitative estimate of drug-likeness (QED) is 0.884. The average molecular weight is 293 g/mol. The molecule has 0 saturated heterocycles. The maximum atomic E-state index is 13.7. The molecule has 2 aromatic rings. The summed E-state index contributed by atoms with van der Waals surface area (Å²) in [6, 6.07) is 8.26. The van der Waals surface area contributed by atoms with Crippen LogP contribution in [0.25, 0.3) is 0 Å². The van der Waals surface area contributed by atoms with Crippen LogP contribution in [-0.2, 0) is 12.8 Å². The summed E-state index contributed by atoms with van der Waals surface area (Å²) in [5.74, 6) is -1.40. The van der Waals surface area contributed by atoms with E-state index in [-0.39, 0.29) is 23.8 Å². The lowest BCUT2D eigenvalue weighted by atomic mass is 9.96. The Labute approximate surface area is 122 Å².